The summed E-state index contributed by atoms with van der Waals surface area (Å²) < 4.78 is 14.1. The molecule has 1 atom stereocenters. The predicted molar refractivity (Wildman–Crippen MR) is 81.3 cm³/mol. The van der Waals surface area contributed by atoms with Crippen LogP contribution < -0.4 is 5.73 Å². The summed E-state index contributed by atoms with van der Waals surface area (Å²) in [5.41, 5.74) is 5.96. The maximum absolute atomic E-state index is 14.1. The lowest BCUT2D eigenvalue weighted by atomic mass is 10.0. The number of nitrogens with zero attached hydrogens (tertiary/aromatic N) is 1. The number of hydrogen-bond acceptors (Lipinski definition) is 2. The molecule has 4 heteroatoms. The molecule has 1 aliphatic rings. The molecular formula is C17H21FN2O. The van der Waals surface area contributed by atoms with E-state index in [2.05, 4.69) is 18.8 Å². The van der Waals surface area contributed by atoms with Crippen LogP contribution in [-0.4, -0.2) is 30.4 Å². The van der Waals surface area contributed by atoms with Gasteiger partial charge in [0.05, 0.1) is 12.1 Å². The molecule has 1 fully saturated rings. The molecule has 1 amide bonds. The van der Waals surface area contributed by atoms with E-state index < -0.39 is 5.82 Å². The zero-order chi connectivity index (χ0) is 15.2. The van der Waals surface area contributed by atoms with E-state index >= 15 is 0 Å². The average Bonchev–Trinajstić information content (AvgIpc) is 2.69. The normalized spacial score (nSPS) is 18.6. The van der Waals surface area contributed by atoms with Gasteiger partial charge in [-0.1, -0.05) is 18.8 Å². The lowest BCUT2D eigenvalue weighted by molar-refractivity contribution is 0.0755. The van der Waals surface area contributed by atoms with Crippen molar-refractivity contribution in [2.45, 2.75) is 26.2 Å². The molecule has 0 radical (unpaired) electrons. The van der Waals surface area contributed by atoms with Gasteiger partial charge in [-0.05, 0) is 43.4 Å². The molecule has 1 unspecified atom stereocenters. The van der Waals surface area contributed by atoms with Gasteiger partial charge in [-0.25, -0.2) is 4.39 Å². The van der Waals surface area contributed by atoms with Crippen molar-refractivity contribution in [2.75, 3.05) is 19.6 Å². The number of amides is 1. The van der Waals surface area contributed by atoms with Crippen molar-refractivity contribution < 1.29 is 9.18 Å². The van der Waals surface area contributed by atoms with Crippen molar-refractivity contribution in [3.05, 3.63) is 35.1 Å². The first kappa shape index (κ1) is 15.5. The van der Waals surface area contributed by atoms with Crippen molar-refractivity contribution >= 4 is 5.91 Å². The number of nitrogens with two attached hydrogens (primary N) is 1. The summed E-state index contributed by atoms with van der Waals surface area (Å²) in [7, 11) is 0. The average molecular weight is 288 g/mol. The molecule has 1 heterocycles. The number of likely N-dealkylation sites (tertiary alicyclic amines) is 1. The third-order valence-electron chi connectivity index (χ3n) is 3.84. The molecule has 3 nitrogen and oxygen atoms in total. The fourth-order valence-electron chi connectivity index (χ4n) is 2.56. The SMILES string of the molecule is CC1CCCN(C(=O)c2ccc(C#CCN)cc2F)CC1. The molecule has 0 aliphatic carbocycles. The molecule has 21 heavy (non-hydrogen) atoms. The zero-order valence-corrected chi connectivity index (χ0v) is 12.4. The van der Waals surface area contributed by atoms with Crippen LogP contribution in [-0.2, 0) is 0 Å². The summed E-state index contributed by atoms with van der Waals surface area (Å²) in [5, 5.41) is 0. The second-order valence-corrected chi connectivity index (χ2v) is 5.53. The van der Waals surface area contributed by atoms with Gasteiger partial charge >= 0.3 is 0 Å². The van der Waals surface area contributed by atoms with E-state index in [-0.39, 0.29) is 18.0 Å². The maximum atomic E-state index is 14.1. The standard InChI is InChI=1S/C17H21FN2O/c1-13-4-3-10-20(11-8-13)17(21)15-7-6-14(5-2-9-19)12-16(15)18/h6-7,12-13H,3-4,8-11,19H2,1H3. The highest BCUT2D eigenvalue weighted by molar-refractivity contribution is 5.94. The number of carbonyl (C=O) groups excluding carboxylic acids is 1. The summed E-state index contributed by atoms with van der Waals surface area (Å²) in [6.07, 6.45) is 3.09. The molecule has 2 N–H and O–H groups in total. The minimum Gasteiger partial charge on any atom is -0.339 e. The van der Waals surface area contributed by atoms with Gasteiger partial charge in [0, 0.05) is 18.7 Å². The summed E-state index contributed by atoms with van der Waals surface area (Å²) in [6, 6.07) is 4.49. The molecule has 0 aromatic heterocycles. The van der Waals surface area contributed by atoms with Gasteiger partial charge in [-0.15, -0.1) is 0 Å². The summed E-state index contributed by atoms with van der Waals surface area (Å²) in [6.45, 7) is 3.83. The molecule has 1 saturated heterocycles. The van der Waals surface area contributed by atoms with Crippen LogP contribution in [0.5, 0.6) is 0 Å². The molecule has 112 valence electrons. The minimum absolute atomic E-state index is 0.128. The topological polar surface area (TPSA) is 46.3 Å². The van der Waals surface area contributed by atoms with E-state index in [0.29, 0.717) is 24.6 Å². The summed E-state index contributed by atoms with van der Waals surface area (Å²) in [4.78, 5) is 14.2. The van der Waals surface area contributed by atoms with E-state index in [9.17, 15) is 9.18 Å². The third kappa shape index (κ3) is 4.05. The van der Waals surface area contributed by atoms with Gasteiger partial charge < -0.3 is 10.6 Å². The van der Waals surface area contributed by atoms with Gasteiger partial charge in [0.2, 0.25) is 0 Å². The Balaban J connectivity index is 2.15. The second kappa shape index (κ2) is 7.24. The monoisotopic (exact) mass is 288 g/mol. The number of halogens is 1. The number of rotatable bonds is 1. The molecule has 1 aromatic rings. The van der Waals surface area contributed by atoms with Crippen LogP contribution in [0.1, 0.15) is 42.1 Å². The largest absolute Gasteiger partial charge is 0.339 e. The van der Waals surface area contributed by atoms with Crippen LogP contribution in [0.25, 0.3) is 0 Å². The smallest absolute Gasteiger partial charge is 0.256 e. The first-order valence-electron chi connectivity index (χ1n) is 7.39. The van der Waals surface area contributed by atoms with Crippen molar-refractivity contribution in [2.24, 2.45) is 11.7 Å². The highest BCUT2D eigenvalue weighted by Gasteiger charge is 2.22. The summed E-state index contributed by atoms with van der Waals surface area (Å²) in [5.74, 6) is 5.33. The quantitative estimate of drug-likeness (QED) is 0.807. The highest BCUT2D eigenvalue weighted by atomic mass is 19.1. The summed E-state index contributed by atoms with van der Waals surface area (Å²) >= 11 is 0. The van der Waals surface area contributed by atoms with Crippen LogP contribution in [0.2, 0.25) is 0 Å². The highest BCUT2D eigenvalue weighted by Crippen LogP contribution is 2.19. The third-order valence-corrected chi connectivity index (χ3v) is 3.84. The van der Waals surface area contributed by atoms with Gasteiger partial charge in [0.15, 0.2) is 0 Å². The fourth-order valence-corrected chi connectivity index (χ4v) is 2.56. The van der Waals surface area contributed by atoms with Gasteiger partial charge in [-0.3, -0.25) is 4.79 Å². The second-order valence-electron chi connectivity index (χ2n) is 5.53. The first-order valence-corrected chi connectivity index (χ1v) is 7.39. The van der Waals surface area contributed by atoms with Gasteiger partial charge in [0.25, 0.3) is 5.91 Å². The lowest BCUT2D eigenvalue weighted by Gasteiger charge is -2.20. The Bertz CT molecular complexity index is 574. The Kier molecular flexibility index (Phi) is 5.35. The van der Waals surface area contributed by atoms with E-state index in [0.717, 1.165) is 19.3 Å². The molecule has 2 rings (SSSR count). The van der Waals surface area contributed by atoms with Crippen LogP contribution in [0, 0.1) is 23.6 Å². The number of hydrogen-bond donors (Lipinski definition) is 1. The molecule has 0 spiro atoms. The molecule has 1 aromatic carbocycles. The Morgan fingerprint density at radius 1 is 1.43 bits per heavy atom. The predicted octanol–water partition coefficient (Wildman–Crippen LogP) is 2.40. The van der Waals surface area contributed by atoms with Crippen LogP contribution in [0.4, 0.5) is 4.39 Å². The van der Waals surface area contributed by atoms with Crippen molar-refractivity contribution in [1.29, 1.82) is 0 Å². The van der Waals surface area contributed by atoms with E-state index in [1.807, 2.05) is 0 Å². The van der Waals surface area contributed by atoms with E-state index in [4.69, 9.17) is 5.73 Å². The molecule has 0 bridgehead atoms. The van der Waals surface area contributed by atoms with Gasteiger partial charge in [0.1, 0.15) is 5.82 Å². The zero-order valence-electron chi connectivity index (χ0n) is 12.4. The Hall–Kier alpha value is -1.86. The van der Waals surface area contributed by atoms with Crippen LogP contribution in [0.15, 0.2) is 18.2 Å². The van der Waals surface area contributed by atoms with Gasteiger partial charge in [-0.2, -0.15) is 0 Å². The molecule has 0 saturated carbocycles. The Morgan fingerprint density at radius 3 is 2.95 bits per heavy atom. The van der Waals surface area contributed by atoms with E-state index in [1.165, 1.54) is 12.1 Å². The Morgan fingerprint density at radius 2 is 2.24 bits per heavy atom. The van der Waals surface area contributed by atoms with Crippen LogP contribution in [0.3, 0.4) is 0 Å². The fraction of sp³-hybridized carbons (Fsp3) is 0.471. The molecular weight excluding hydrogens is 267 g/mol. The van der Waals surface area contributed by atoms with Crippen molar-refractivity contribution in [3.8, 4) is 11.8 Å². The van der Waals surface area contributed by atoms with E-state index in [1.54, 1.807) is 11.0 Å². The molecule has 1 aliphatic heterocycles. The minimum atomic E-state index is -0.513. The number of carbonyl (C=O) groups is 1. The first-order chi connectivity index (χ1) is 10.1. The van der Waals surface area contributed by atoms with Crippen molar-refractivity contribution in [3.63, 3.8) is 0 Å². The maximum Gasteiger partial charge on any atom is 0.256 e. The van der Waals surface area contributed by atoms with Crippen molar-refractivity contribution in [1.82, 2.24) is 4.90 Å². The Labute approximate surface area is 125 Å². The lowest BCUT2D eigenvalue weighted by Crippen LogP contribution is -2.32. The van der Waals surface area contributed by atoms with Crippen LogP contribution >= 0.6 is 0 Å². The number of benzene rings is 1.